The van der Waals surface area contributed by atoms with Crippen molar-refractivity contribution in [2.24, 2.45) is 5.92 Å². The van der Waals surface area contributed by atoms with Crippen molar-refractivity contribution in [1.29, 1.82) is 0 Å². The third kappa shape index (κ3) is 3.88. The average molecular weight is 301 g/mol. The number of carbonyl (C=O) groups excluding carboxylic acids is 1. The van der Waals surface area contributed by atoms with Gasteiger partial charge in [-0.1, -0.05) is 19.3 Å². The maximum absolute atomic E-state index is 12.3. The summed E-state index contributed by atoms with van der Waals surface area (Å²) in [6.45, 7) is 2.23. The maximum Gasteiger partial charge on any atom is 0.220 e. The Balaban J connectivity index is 0.00000147. The Bertz CT molecular complexity index is 329. The van der Waals surface area contributed by atoms with E-state index in [-0.39, 0.29) is 17.9 Å². The predicted molar refractivity (Wildman–Crippen MR) is 84.2 cm³/mol. The Hall–Kier alpha value is -0.280. The van der Waals surface area contributed by atoms with Crippen molar-refractivity contribution in [2.45, 2.75) is 88.8 Å². The molecule has 2 aliphatic heterocycles. The van der Waals surface area contributed by atoms with Crippen LogP contribution in [0.1, 0.15) is 71.1 Å². The lowest BCUT2D eigenvalue weighted by Gasteiger charge is -2.35. The number of amides is 1. The standard InChI is InChI=1S/C16H28N2O.ClH/c1-16(7-3-2-4-8-16)18-15(19)11-12-9-13-5-6-14(10-12)17-13;/h12-14,17H,2-11H2,1H3,(H,18,19);1H. The molecule has 0 aromatic heterocycles. The molecule has 1 saturated carbocycles. The molecule has 4 heteroatoms. The van der Waals surface area contributed by atoms with Gasteiger partial charge in [0.05, 0.1) is 0 Å². The number of hydrogen-bond donors (Lipinski definition) is 2. The van der Waals surface area contributed by atoms with Gasteiger partial charge in [-0.2, -0.15) is 0 Å². The molecule has 0 aromatic rings. The summed E-state index contributed by atoms with van der Waals surface area (Å²) in [6, 6.07) is 1.39. The van der Waals surface area contributed by atoms with Crippen molar-refractivity contribution < 1.29 is 4.79 Å². The van der Waals surface area contributed by atoms with E-state index in [4.69, 9.17) is 0 Å². The van der Waals surface area contributed by atoms with E-state index in [9.17, 15) is 4.79 Å². The van der Waals surface area contributed by atoms with Crippen LogP contribution in [0.4, 0.5) is 0 Å². The molecule has 3 fully saturated rings. The highest BCUT2D eigenvalue weighted by Crippen LogP contribution is 2.33. The first kappa shape index (κ1) is 16.1. The summed E-state index contributed by atoms with van der Waals surface area (Å²) in [4.78, 5) is 12.3. The van der Waals surface area contributed by atoms with Gasteiger partial charge in [-0.3, -0.25) is 4.79 Å². The number of fused-ring (bicyclic) bond motifs is 2. The van der Waals surface area contributed by atoms with Crippen molar-refractivity contribution in [1.82, 2.24) is 10.6 Å². The van der Waals surface area contributed by atoms with Crippen molar-refractivity contribution in [3.05, 3.63) is 0 Å². The molecule has 1 aliphatic carbocycles. The second kappa shape index (κ2) is 6.65. The van der Waals surface area contributed by atoms with Crippen LogP contribution in [-0.4, -0.2) is 23.5 Å². The van der Waals surface area contributed by atoms with Crippen LogP contribution in [0.25, 0.3) is 0 Å². The van der Waals surface area contributed by atoms with Crippen LogP contribution in [0.15, 0.2) is 0 Å². The Morgan fingerprint density at radius 3 is 2.35 bits per heavy atom. The summed E-state index contributed by atoms with van der Waals surface area (Å²) in [5, 5.41) is 6.98. The van der Waals surface area contributed by atoms with Crippen molar-refractivity contribution in [2.75, 3.05) is 0 Å². The van der Waals surface area contributed by atoms with Crippen LogP contribution in [0.3, 0.4) is 0 Å². The first-order valence-electron chi connectivity index (χ1n) is 8.20. The smallest absolute Gasteiger partial charge is 0.220 e. The summed E-state index contributed by atoms with van der Waals surface area (Å²) in [5.41, 5.74) is 0.0846. The minimum Gasteiger partial charge on any atom is -0.351 e. The highest BCUT2D eigenvalue weighted by atomic mass is 35.5. The van der Waals surface area contributed by atoms with Gasteiger partial charge in [-0.15, -0.1) is 12.4 Å². The van der Waals surface area contributed by atoms with Gasteiger partial charge in [-0.05, 0) is 51.4 Å². The third-order valence-corrected chi connectivity index (χ3v) is 5.44. The Morgan fingerprint density at radius 1 is 1.15 bits per heavy atom. The second-order valence-corrected chi connectivity index (χ2v) is 7.35. The molecule has 2 bridgehead atoms. The van der Waals surface area contributed by atoms with E-state index >= 15 is 0 Å². The number of piperidine rings is 1. The summed E-state index contributed by atoms with van der Waals surface area (Å²) in [7, 11) is 0. The Morgan fingerprint density at radius 2 is 1.75 bits per heavy atom. The molecule has 0 radical (unpaired) electrons. The number of rotatable bonds is 3. The largest absolute Gasteiger partial charge is 0.351 e. The normalized spacial score (nSPS) is 35.1. The zero-order valence-electron chi connectivity index (χ0n) is 12.6. The molecular weight excluding hydrogens is 272 g/mol. The zero-order valence-corrected chi connectivity index (χ0v) is 13.4. The number of halogens is 1. The fourth-order valence-electron chi connectivity index (χ4n) is 4.45. The molecule has 3 aliphatic rings. The minimum atomic E-state index is 0. The zero-order chi connectivity index (χ0) is 13.3. The van der Waals surface area contributed by atoms with E-state index in [0.717, 1.165) is 19.3 Å². The second-order valence-electron chi connectivity index (χ2n) is 7.35. The fraction of sp³-hybridized carbons (Fsp3) is 0.938. The van der Waals surface area contributed by atoms with Crippen molar-refractivity contribution >= 4 is 18.3 Å². The monoisotopic (exact) mass is 300 g/mol. The quantitative estimate of drug-likeness (QED) is 0.840. The number of carbonyl (C=O) groups is 1. The van der Waals surface area contributed by atoms with Crippen LogP contribution in [0, 0.1) is 5.92 Å². The molecule has 2 unspecified atom stereocenters. The first-order valence-corrected chi connectivity index (χ1v) is 8.20. The lowest BCUT2D eigenvalue weighted by atomic mass is 9.82. The lowest BCUT2D eigenvalue weighted by molar-refractivity contribution is -0.124. The van der Waals surface area contributed by atoms with Gasteiger partial charge in [0.2, 0.25) is 5.91 Å². The molecule has 0 spiro atoms. The summed E-state index contributed by atoms with van der Waals surface area (Å²) >= 11 is 0. The van der Waals surface area contributed by atoms with Gasteiger partial charge in [-0.25, -0.2) is 0 Å². The number of hydrogen-bond acceptors (Lipinski definition) is 2. The van der Waals surface area contributed by atoms with E-state index in [1.54, 1.807) is 0 Å². The fourth-order valence-corrected chi connectivity index (χ4v) is 4.45. The van der Waals surface area contributed by atoms with Crippen LogP contribution in [-0.2, 0) is 4.79 Å². The molecule has 2 heterocycles. The third-order valence-electron chi connectivity index (χ3n) is 5.44. The van der Waals surface area contributed by atoms with Gasteiger partial charge in [0, 0.05) is 24.0 Å². The van der Waals surface area contributed by atoms with Crippen LogP contribution < -0.4 is 10.6 Å². The highest BCUT2D eigenvalue weighted by Gasteiger charge is 2.35. The van der Waals surface area contributed by atoms with Gasteiger partial charge in [0.15, 0.2) is 0 Å². The van der Waals surface area contributed by atoms with E-state index in [1.165, 1.54) is 44.9 Å². The molecular formula is C16H29ClN2O. The predicted octanol–water partition coefficient (Wildman–Crippen LogP) is 3.17. The minimum absolute atomic E-state index is 0. The maximum atomic E-state index is 12.3. The van der Waals surface area contributed by atoms with E-state index in [2.05, 4.69) is 17.6 Å². The summed E-state index contributed by atoms with van der Waals surface area (Å²) in [5.74, 6) is 0.918. The van der Waals surface area contributed by atoms with E-state index in [0.29, 0.717) is 23.9 Å². The molecule has 3 rings (SSSR count). The average Bonchev–Trinajstić information content (AvgIpc) is 2.68. The molecule has 20 heavy (non-hydrogen) atoms. The summed E-state index contributed by atoms with van der Waals surface area (Å²) in [6.07, 6.45) is 12.0. The van der Waals surface area contributed by atoms with E-state index < -0.39 is 0 Å². The molecule has 2 N–H and O–H groups in total. The van der Waals surface area contributed by atoms with Gasteiger partial charge < -0.3 is 10.6 Å². The van der Waals surface area contributed by atoms with Crippen LogP contribution >= 0.6 is 12.4 Å². The molecule has 3 nitrogen and oxygen atoms in total. The SMILES string of the molecule is CC1(NC(=O)CC2CC3CCC(C2)N3)CCCCC1.Cl. The van der Waals surface area contributed by atoms with Gasteiger partial charge >= 0.3 is 0 Å². The molecule has 1 amide bonds. The van der Waals surface area contributed by atoms with Crippen LogP contribution in [0.2, 0.25) is 0 Å². The topological polar surface area (TPSA) is 41.1 Å². The van der Waals surface area contributed by atoms with Gasteiger partial charge in [0.1, 0.15) is 0 Å². The number of nitrogens with one attached hydrogen (secondary N) is 2. The highest BCUT2D eigenvalue weighted by molar-refractivity contribution is 5.85. The molecule has 0 aromatic carbocycles. The summed E-state index contributed by atoms with van der Waals surface area (Å²) < 4.78 is 0. The Kier molecular flexibility index (Phi) is 5.36. The lowest BCUT2D eigenvalue weighted by Crippen LogP contribution is -2.48. The van der Waals surface area contributed by atoms with Crippen molar-refractivity contribution in [3.63, 3.8) is 0 Å². The molecule has 116 valence electrons. The van der Waals surface area contributed by atoms with Crippen LogP contribution in [0.5, 0.6) is 0 Å². The van der Waals surface area contributed by atoms with Gasteiger partial charge in [0.25, 0.3) is 0 Å². The van der Waals surface area contributed by atoms with E-state index in [1.807, 2.05) is 0 Å². The molecule has 2 saturated heterocycles. The molecule has 2 atom stereocenters. The first-order chi connectivity index (χ1) is 9.13. The van der Waals surface area contributed by atoms with Crippen molar-refractivity contribution in [3.8, 4) is 0 Å². The Labute approximate surface area is 129 Å².